The average molecular weight is 261 g/mol. The molecular formula is C15H19NOS. The Balaban J connectivity index is 1.90. The third-order valence-corrected chi connectivity index (χ3v) is 3.23. The van der Waals surface area contributed by atoms with Gasteiger partial charge in [0.05, 0.1) is 6.61 Å². The molecule has 0 saturated carbocycles. The van der Waals surface area contributed by atoms with Gasteiger partial charge in [0.15, 0.2) is 0 Å². The van der Waals surface area contributed by atoms with E-state index in [1.807, 2.05) is 12.1 Å². The molecule has 1 heterocycles. The lowest BCUT2D eigenvalue weighted by Gasteiger charge is -2.11. The summed E-state index contributed by atoms with van der Waals surface area (Å²) in [7, 11) is 0. The molecule has 1 aromatic carbocycles. The van der Waals surface area contributed by atoms with Crippen LogP contribution in [0.5, 0.6) is 5.75 Å². The lowest BCUT2D eigenvalue weighted by Crippen LogP contribution is -2.05. The Labute approximate surface area is 113 Å². The predicted octanol–water partition coefficient (Wildman–Crippen LogP) is 4.40. The molecule has 2 aromatic rings. The van der Waals surface area contributed by atoms with Gasteiger partial charge in [-0.05, 0) is 40.4 Å². The fourth-order valence-electron chi connectivity index (χ4n) is 1.56. The van der Waals surface area contributed by atoms with Crippen LogP contribution in [0.4, 0.5) is 5.69 Å². The van der Waals surface area contributed by atoms with E-state index >= 15 is 0 Å². The fourth-order valence-corrected chi connectivity index (χ4v) is 2.22. The van der Waals surface area contributed by atoms with Gasteiger partial charge in [0.25, 0.3) is 0 Å². The molecule has 0 fully saturated rings. The summed E-state index contributed by atoms with van der Waals surface area (Å²) in [5.74, 6) is 1.48. The fraction of sp³-hybridized carbons (Fsp3) is 0.333. The molecule has 2 nitrogen and oxygen atoms in total. The molecule has 0 bridgehead atoms. The van der Waals surface area contributed by atoms with Crippen LogP contribution in [0.15, 0.2) is 41.1 Å². The minimum absolute atomic E-state index is 0.549. The molecule has 2 rings (SSSR count). The second-order valence-corrected chi connectivity index (χ2v) is 5.50. The first-order valence-corrected chi connectivity index (χ1v) is 7.16. The van der Waals surface area contributed by atoms with E-state index < -0.39 is 0 Å². The maximum atomic E-state index is 5.71. The summed E-state index contributed by atoms with van der Waals surface area (Å²) in [5.41, 5.74) is 2.41. The monoisotopic (exact) mass is 261 g/mol. The van der Waals surface area contributed by atoms with Gasteiger partial charge in [-0.2, -0.15) is 11.3 Å². The first-order chi connectivity index (χ1) is 8.74. The van der Waals surface area contributed by atoms with Crippen LogP contribution in [0, 0.1) is 5.92 Å². The topological polar surface area (TPSA) is 21.3 Å². The molecule has 0 aliphatic carbocycles. The molecule has 1 N–H and O–H groups in total. The molecule has 0 saturated heterocycles. The van der Waals surface area contributed by atoms with Crippen molar-refractivity contribution in [1.82, 2.24) is 0 Å². The van der Waals surface area contributed by atoms with Crippen LogP contribution in [0.2, 0.25) is 0 Å². The van der Waals surface area contributed by atoms with E-state index in [4.69, 9.17) is 4.74 Å². The van der Waals surface area contributed by atoms with Gasteiger partial charge in [0.1, 0.15) is 5.75 Å². The first kappa shape index (κ1) is 13.0. The molecule has 96 valence electrons. The first-order valence-electron chi connectivity index (χ1n) is 6.22. The number of nitrogens with one attached hydrogen (secondary N) is 1. The minimum atomic E-state index is 0.549. The Morgan fingerprint density at radius 1 is 1.28 bits per heavy atom. The zero-order valence-electron chi connectivity index (χ0n) is 10.8. The highest BCUT2D eigenvalue weighted by atomic mass is 32.1. The van der Waals surface area contributed by atoms with E-state index in [9.17, 15) is 0 Å². The van der Waals surface area contributed by atoms with Crippen LogP contribution >= 0.6 is 11.3 Å². The Hall–Kier alpha value is -1.48. The molecule has 0 atom stereocenters. The van der Waals surface area contributed by atoms with E-state index in [1.54, 1.807) is 11.3 Å². The van der Waals surface area contributed by atoms with Crippen LogP contribution < -0.4 is 10.1 Å². The summed E-state index contributed by atoms with van der Waals surface area (Å²) < 4.78 is 5.71. The summed E-state index contributed by atoms with van der Waals surface area (Å²) in [5, 5.41) is 7.66. The van der Waals surface area contributed by atoms with Crippen LogP contribution in [-0.2, 0) is 6.54 Å². The lowest BCUT2D eigenvalue weighted by molar-refractivity contribution is 0.271. The third-order valence-electron chi connectivity index (χ3n) is 2.49. The number of hydrogen-bond acceptors (Lipinski definition) is 3. The summed E-state index contributed by atoms with van der Waals surface area (Å²) in [6.07, 6.45) is 0. The number of rotatable bonds is 6. The van der Waals surface area contributed by atoms with Crippen LogP contribution in [0.25, 0.3) is 0 Å². The van der Waals surface area contributed by atoms with Crippen LogP contribution in [-0.4, -0.2) is 6.61 Å². The number of benzene rings is 1. The van der Waals surface area contributed by atoms with Gasteiger partial charge in [-0.3, -0.25) is 0 Å². The maximum Gasteiger partial charge on any atom is 0.121 e. The van der Waals surface area contributed by atoms with Crippen LogP contribution in [0.3, 0.4) is 0 Å². The standard InChI is InChI=1S/C15H19NOS/c1-12(2)10-17-15-5-3-4-14(8-15)16-9-13-6-7-18-11-13/h3-8,11-12,16H,9-10H2,1-2H3. The van der Waals surface area contributed by atoms with Crippen molar-refractivity contribution in [2.45, 2.75) is 20.4 Å². The zero-order chi connectivity index (χ0) is 12.8. The van der Waals surface area contributed by atoms with Gasteiger partial charge in [-0.15, -0.1) is 0 Å². The van der Waals surface area contributed by atoms with E-state index in [-0.39, 0.29) is 0 Å². The molecule has 0 spiro atoms. The van der Waals surface area contributed by atoms with Crippen molar-refractivity contribution >= 4 is 17.0 Å². The highest BCUT2D eigenvalue weighted by Gasteiger charge is 1.99. The van der Waals surface area contributed by atoms with Crippen molar-refractivity contribution in [3.63, 3.8) is 0 Å². The Bertz CT molecular complexity index is 465. The SMILES string of the molecule is CC(C)COc1cccc(NCc2ccsc2)c1. The van der Waals surface area contributed by atoms with Crippen LogP contribution in [0.1, 0.15) is 19.4 Å². The summed E-state index contributed by atoms with van der Waals surface area (Å²) >= 11 is 1.72. The average Bonchev–Trinajstić information content (AvgIpc) is 2.87. The number of anilines is 1. The van der Waals surface area contributed by atoms with Gasteiger partial charge >= 0.3 is 0 Å². The van der Waals surface area contributed by atoms with Crippen molar-refractivity contribution in [2.24, 2.45) is 5.92 Å². The molecule has 18 heavy (non-hydrogen) atoms. The summed E-state index contributed by atoms with van der Waals surface area (Å²) in [6.45, 7) is 5.92. The quantitative estimate of drug-likeness (QED) is 0.832. The molecule has 0 aliphatic heterocycles. The second-order valence-electron chi connectivity index (χ2n) is 4.72. The van der Waals surface area contributed by atoms with Gasteiger partial charge in [-0.1, -0.05) is 19.9 Å². The molecule has 0 aliphatic rings. The van der Waals surface area contributed by atoms with E-state index in [1.165, 1.54) is 5.56 Å². The number of thiophene rings is 1. The van der Waals surface area contributed by atoms with Crippen molar-refractivity contribution in [1.29, 1.82) is 0 Å². The maximum absolute atomic E-state index is 5.71. The Morgan fingerprint density at radius 2 is 2.17 bits per heavy atom. The third kappa shape index (κ3) is 4.08. The van der Waals surface area contributed by atoms with Gasteiger partial charge in [0.2, 0.25) is 0 Å². The molecule has 0 unspecified atom stereocenters. The molecular weight excluding hydrogens is 242 g/mol. The highest BCUT2D eigenvalue weighted by molar-refractivity contribution is 7.07. The lowest BCUT2D eigenvalue weighted by atomic mass is 10.2. The van der Waals surface area contributed by atoms with Crippen molar-refractivity contribution in [3.05, 3.63) is 46.7 Å². The Kier molecular flexibility index (Phi) is 4.65. The largest absolute Gasteiger partial charge is 0.493 e. The zero-order valence-corrected chi connectivity index (χ0v) is 11.7. The van der Waals surface area contributed by atoms with E-state index in [0.29, 0.717) is 5.92 Å². The molecule has 1 aromatic heterocycles. The van der Waals surface area contributed by atoms with Gasteiger partial charge in [-0.25, -0.2) is 0 Å². The molecule has 0 radical (unpaired) electrons. The molecule has 0 amide bonds. The summed E-state index contributed by atoms with van der Waals surface area (Å²) in [6, 6.07) is 10.3. The number of ether oxygens (including phenoxy) is 1. The smallest absolute Gasteiger partial charge is 0.121 e. The summed E-state index contributed by atoms with van der Waals surface area (Å²) in [4.78, 5) is 0. The van der Waals surface area contributed by atoms with Crippen molar-refractivity contribution in [2.75, 3.05) is 11.9 Å². The number of hydrogen-bond donors (Lipinski definition) is 1. The van der Waals surface area contributed by atoms with E-state index in [2.05, 4.69) is 48.1 Å². The van der Waals surface area contributed by atoms with Crippen molar-refractivity contribution < 1.29 is 4.74 Å². The molecule has 3 heteroatoms. The normalized spacial score (nSPS) is 10.6. The second kappa shape index (κ2) is 6.45. The van der Waals surface area contributed by atoms with Gasteiger partial charge < -0.3 is 10.1 Å². The highest BCUT2D eigenvalue weighted by Crippen LogP contribution is 2.19. The van der Waals surface area contributed by atoms with E-state index in [0.717, 1.165) is 24.6 Å². The minimum Gasteiger partial charge on any atom is -0.493 e. The Morgan fingerprint density at radius 3 is 2.89 bits per heavy atom. The van der Waals surface area contributed by atoms with Crippen molar-refractivity contribution in [3.8, 4) is 5.75 Å². The predicted molar refractivity (Wildman–Crippen MR) is 78.4 cm³/mol. The van der Waals surface area contributed by atoms with Gasteiger partial charge in [0, 0.05) is 18.3 Å².